The van der Waals surface area contributed by atoms with Gasteiger partial charge in [0, 0.05) is 11.8 Å². The molecule has 2 rings (SSSR count). The lowest BCUT2D eigenvalue weighted by Crippen LogP contribution is -2.51. The van der Waals surface area contributed by atoms with Gasteiger partial charge in [-0.25, -0.2) is 0 Å². The molecule has 0 radical (unpaired) electrons. The van der Waals surface area contributed by atoms with Gasteiger partial charge >= 0.3 is 0 Å². The van der Waals surface area contributed by atoms with Crippen molar-refractivity contribution in [2.75, 3.05) is 5.88 Å². The fourth-order valence-electron chi connectivity index (χ4n) is 2.56. The molecular formula is C12H20ClNO. The molecule has 1 amide bonds. The van der Waals surface area contributed by atoms with Crippen molar-refractivity contribution >= 4 is 17.5 Å². The van der Waals surface area contributed by atoms with Crippen molar-refractivity contribution < 1.29 is 4.79 Å². The summed E-state index contributed by atoms with van der Waals surface area (Å²) in [7, 11) is 0. The van der Waals surface area contributed by atoms with Crippen molar-refractivity contribution in [2.24, 2.45) is 11.8 Å². The Hall–Kier alpha value is -0.240. The van der Waals surface area contributed by atoms with Gasteiger partial charge < -0.3 is 5.32 Å². The number of carbonyl (C=O) groups excluding carboxylic acids is 1. The van der Waals surface area contributed by atoms with Gasteiger partial charge in [-0.1, -0.05) is 26.2 Å². The molecule has 0 bridgehead atoms. The Morgan fingerprint density at radius 2 is 2.00 bits per heavy atom. The summed E-state index contributed by atoms with van der Waals surface area (Å²) in [5, 5.41) is 3.20. The molecule has 2 aliphatic carbocycles. The highest BCUT2D eigenvalue weighted by Crippen LogP contribution is 2.39. The van der Waals surface area contributed by atoms with Crippen LogP contribution in [0.15, 0.2) is 0 Å². The first-order valence-corrected chi connectivity index (χ1v) is 6.58. The van der Waals surface area contributed by atoms with Crippen molar-refractivity contribution in [3.8, 4) is 0 Å². The predicted octanol–water partition coefficient (Wildman–Crippen LogP) is 2.70. The minimum absolute atomic E-state index is 0.0841. The van der Waals surface area contributed by atoms with E-state index in [9.17, 15) is 4.79 Å². The minimum Gasteiger partial charge on any atom is -0.349 e. The van der Waals surface area contributed by atoms with Gasteiger partial charge in [-0.05, 0) is 25.2 Å². The van der Waals surface area contributed by atoms with Gasteiger partial charge in [0.2, 0.25) is 5.91 Å². The molecule has 0 aromatic carbocycles. The molecule has 0 saturated heterocycles. The third kappa shape index (κ3) is 2.47. The fourth-order valence-corrected chi connectivity index (χ4v) is 2.90. The molecule has 2 nitrogen and oxygen atoms in total. The number of carbonyl (C=O) groups is 1. The number of hydrogen-bond acceptors (Lipinski definition) is 1. The number of nitrogens with one attached hydrogen (secondary N) is 1. The molecule has 3 heteroatoms. The Morgan fingerprint density at radius 1 is 1.40 bits per heavy atom. The van der Waals surface area contributed by atoms with Gasteiger partial charge in [-0.3, -0.25) is 4.79 Å². The molecule has 0 aliphatic heterocycles. The zero-order chi connectivity index (χ0) is 10.9. The van der Waals surface area contributed by atoms with Crippen LogP contribution in [0.1, 0.15) is 45.4 Å². The molecule has 0 spiro atoms. The summed E-state index contributed by atoms with van der Waals surface area (Å²) in [5.74, 6) is 1.66. The Labute approximate surface area is 96.8 Å². The smallest absolute Gasteiger partial charge is 0.223 e. The van der Waals surface area contributed by atoms with E-state index < -0.39 is 0 Å². The first-order chi connectivity index (χ1) is 7.17. The van der Waals surface area contributed by atoms with Gasteiger partial charge in [0.1, 0.15) is 0 Å². The molecule has 2 unspecified atom stereocenters. The summed E-state index contributed by atoms with van der Waals surface area (Å²) in [4.78, 5) is 11.9. The lowest BCUT2D eigenvalue weighted by molar-refractivity contribution is -0.124. The van der Waals surface area contributed by atoms with Crippen molar-refractivity contribution in [2.45, 2.75) is 51.0 Å². The third-order valence-corrected chi connectivity index (χ3v) is 4.41. The zero-order valence-electron chi connectivity index (χ0n) is 9.39. The van der Waals surface area contributed by atoms with E-state index in [2.05, 4.69) is 12.2 Å². The Balaban J connectivity index is 1.91. The highest BCUT2D eigenvalue weighted by molar-refractivity contribution is 6.18. The van der Waals surface area contributed by atoms with Crippen LogP contribution >= 0.6 is 11.6 Å². The molecule has 0 aromatic heterocycles. The maximum atomic E-state index is 11.9. The Morgan fingerprint density at radius 3 is 2.47 bits per heavy atom. The van der Waals surface area contributed by atoms with Gasteiger partial charge in [0.25, 0.3) is 0 Å². The summed E-state index contributed by atoms with van der Waals surface area (Å²) in [5.41, 5.74) is -0.0841. The van der Waals surface area contributed by atoms with E-state index in [4.69, 9.17) is 11.6 Å². The summed E-state index contributed by atoms with van der Waals surface area (Å²) in [6.07, 6.45) is 6.87. The van der Waals surface area contributed by atoms with Crippen LogP contribution < -0.4 is 5.32 Å². The van der Waals surface area contributed by atoms with Crippen LogP contribution in [0.3, 0.4) is 0 Å². The molecule has 2 saturated carbocycles. The SMILES string of the molecule is CC1CC1C(=O)NC1(CCl)CCCCC1. The van der Waals surface area contributed by atoms with E-state index in [1.807, 2.05) is 0 Å². The number of halogens is 1. The average molecular weight is 230 g/mol. The van der Waals surface area contributed by atoms with Crippen molar-refractivity contribution in [3.05, 3.63) is 0 Å². The molecule has 1 N–H and O–H groups in total. The molecule has 2 fully saturated rings. The second-order valence-electron chi connectivity index (χ2n) is 5.28. The van der Waals surface area contributed by atoms with E-state index in [0.29, 0.717) is 11.8 Å². The zero-order valence-corrected chi connectivity index (χ0v) is 10.1. The lowest BCUT2D eigenvalue weighted by atomic mass is 9.83. The second-order valence-corrected chi connectivity index (χ2v) is 5.55. The highest BCUT2D eigenvalue weighted by Gasteiger charge is 2.42. The van der Waals surface area contributed by atoms with E-state index >= 15 is 0 Å². The largest absolute Gasteiger partial charge is 0.349 e. The van der Waals surface area contributed by atoms with Crippen LogP contribution in [0.25, 0.3) is 0 Å². The minimum atomic E-state index is -0.0841. The van der Waals surface area contributed by atoms with Crippen molar-refractivity contribution in [3.63, 3.8) is 0 Å². The molecule has 0 heterocycles. The number of hydrogen-bond donors (Lipinski definition) is 1. The Bertz CT molecular complexity index is 248. The van der Waals surface area contributed by atoms with Crippen LogP contribution in [0, 0.1) is 11.8 Å². The lowest BCUT2D eigenvalue weighted by Gasteiger charge is -2.36. The van der Waals surface area contributed by atoms with E-state index in [-0.39, 0.29) is 17.4 Å². The monoisotopic (exact) mass is 229 g/mol. The van der Waals surface area contributed by atoms with Crippen LogP contribution in [0.4, 0.5) is 0 Å². The molecule has 0 aromatic rings. The normalized spacial score (nSPS) is 33.5. The number of alkyl halides is 1. The third-order valence-electron chi connectivity index (χ3n) is 3.90. The molecule has 86 valence electrons. The molecule has 2 atom stereocenters. The maximum Gasteiger partial charge on any atom is 0.223 e. The number of amides is 1. The quantitative estimate of drug-likeness (QED) is 0.741. The maximum absolute atomic E-state index is 11.9. The van der Waals surface area contributed by atoms with Crippen LogP contribution in [-0.4, -0.2) is 17.3 Å². The van der Waals surface area contributed by atoms with Gasteiger partial charge in [0.15, 0.2) is 0 Å². The summed E-state index contributed by atoms with van der Waals surface area (Å²) in [6.45, 7) is 2.14. The van der Waals surface area contributed by atoms with Gasteiger partial charge in [-0.15, -0.1) is 11.6 Å². The summed E-state index contributed by atoms with van der Waals surface area (Å²) in [6, 6.07) is 0. The van der Waals surface area contributed by atoms with Crippen molar-refractivity contribution in [1.82, 2.24) is 5.32 Å². The van der Waals surface area contributed by atoms with Crippen LogP contribution in [-0.2, 0) is 4.79 Å². The van der Waals surface area contributed by atoms with Crippen molar-refractivity contribution in [1.29, 1.82) is 0 Å². The first-order valence-electron chi connectivity index (χ1n) is 6.05. The van der Waals surface area contributed by atoms with E-state index in [1.165, 1.54) is 19.3 Å². The van der Waals surface area contributed by atoms with E-state index in [0.717, 1.165) is 19.3 Å². The highest BCUT2D eigenvalue weighted by atomic mass is 35.5. The fraction of sp³-hybridized carbons (Fsp3) is 0.917. The van der Waals surface area contributed by atoms with Crippen LogP contribution in [0.2, 0.25) is 0 Å². The predicted molar refractivity (Wildman–Crippen MR) is 61.9 cm³/mol. The van der Waals surface area contributed by atoms with E-state index in [1.54, 1.807) is 0 Å². The molecular weight excluding hydrogens is 210 g/mol. The summed E-state index contributed by atoms with van der Waals surface area (Å²) >= 11 is 6.03. The van der Waals surface area contributed by atoms with Gasteiger partial charge in [0.05, 0.1) is 5.54 Å². The standard InChI is InChI=1S/C12H20ClNO/c1-9-7-10(9)11(15)14-12(8-13)5-3-2-4-6-12/h9-10H,2-8H2,1H3,(H,14,15). The molecule has 15 heavy (non-hydrogen) atoms. The second kappa shape index (κ2) is 4.32. The number of rotatable bonds is 3. The van der Waals surface area contributed by atoms with Crippen LogP contribution in [0.5, 0.6) is 0 Å². The first kappa shape index (κ1) is 11.3. The van der Waals surface area contributed by atoms with Gasteiger partial charge in [-0.2, -0.15) is 0 Å². The summed E-state index contributed by atoms with van der Waals surface area (Å²) < 4.78 is 0. The topological polar surface area (TPSA) is 29.1 Å². The average Bonchev–Trinajstić information content (AvgIpc) is 2.97. The molecule has 2 aliphatic rings. The Kier molecular flexibility index (Phi) is 3.24.